The summed E-state index contributed by atoms with van der Waals surface area (Å²) in [4.78, 5) is 16.3. The highest BCUT2D eigenvalue weighted by Crippen LogP contribution is 2.32. The van der Waals surface area contributed by atoms with E-state index >= 15 is 0 Å². The summed E-state index contributed by atoms with van der Waals surface area (Å²) in [7, 11) is 0. The number of carboxylic acid groups (broad SMARTS) is 1. The molecule has 0 radical (unpaired) electrons. The third-order valence-corrected chi connectivity index (χ3v) is 4.91. The Bertz CT molecular complexity index is 1170. The van der Waals surface area contributed by atoms with Crippen molar-refractivity contribution in [3.63, 3.8) is 0 Å². The fraction of sp³-hybridized carbons (Fsp3) is 0.174. The molecule has 2 heterocycles. The smallest absolute Gasteiger partial charge is 0.335 e. The molecule has 0 bridgehead atoms. The normalized spacial score (nSPS) is 11.3. The Labute approximate surface area is 163 Å². The molecule has 0 aliphatic carbocycles. The molecule has 0 unspecified atom stereocenters. The van der Waals surface area contributed by atoms with Crippen LogP contribution in [0.4, 0.5) is 0 Å². The number of aromatic carboxylic acids is 1. The molecule has 0 amide bonds. The Morgan fingerprint density at radius 3 is 2.54 bits per heavy atom. The van der Waals surface area contributed by atoms with Gasteiger partial charge in [0.05, 0.1) is 28.7 Å². The second-order valence-corrected chi connectivity index (χ2v) is 7.25. The van der Waals surface area contributed by atoms with E-state index in [2.05, 4.69) is 30.0 Å². The van der Waals surface area contributed by atoms with Crippen LogP contribution >= 0.6 is 0 Å². The molecular weight excluding hydrogens is 350 g/mol. The van der Waals surface area contributed by atoms with Crippen LogP contribution in [0.5, 0.6) is 0 Å². The number of rotatable bonds is 4. The number of pyridine rings is 1. The van der Waals surface area contributed by atoms with Crippen molar-refractivity contribution < 1.29 is 9.90 Å². The Kier molecular flexibility index (Phi) is 4.43. The Hall–Kier alpha value is -3.47. The number of carbonyl (C=O) groups is 1. The molecule has 0 spiro atoms. The van der Waals surface area contributed by atoms with E-state index in [0.717, 1.165) is 39.0 Å². The van der Waals surface area contributed by atoms with Gasteiger partial charge in [-0.25, -0.2) is 9.48 Å². The summed E-state index contributed by atoms with van der Waals surface area (Å²) in [5.41, 5.74) is 5.63. The standard InChI is InChI=1S/C23H21N3O2/c1-14(2)17-6-4-5-7-21(17)26-22-11-16(23(27)28)10-18(19(22)13-25-26)20-9-8-15(3)12-24-20/h4-14H,1-3H3,(H,27,28). The Morgan fingerprint density at radius 2 is 1.86 bits per heavy atom. The van der Waals surface area contributed by atoms with E-state index in [9.17, 15) is 9.90 Å². The average molecular weight is 371 g/mol. The van der Waals surface area contributed by atoms with Crippen molar-refractivity contribution in [2.75, 3.05) is 0 Å². The molecule has 2 aromatic heterocycles. The number of hydrogen-bond acceptors (Lipinski definition) is 3. The molecule has 28 heavy (non-hydrogen) atoms. The minimum absolute atomic E-state index is 0.216. The van der Waals surface area contributed by atoms with Crippen LogP contribution in [-0.4, -0.2) is 25.8 Å². The van der Waals surface area contributed by atoms with Gasteiger partial charge in [-0.3, -0.25) is 4.98 Å². The molecule has 0 aliphatic rings. The lowest BCUT2D eigenvalue weighted by Crippen LogP contribution is -2.04. The zero-order chi connectivity index (χ0) is 19.8. The molecule has 140 valence electrons. The van der Waals surface area contributed by atoms with Crippen LogP contribution in [0.25, 0.3) is 27.8 Å². The van der Waals surface area contributed by atoms with Gasteiger partial charge in [-0.05, 0) is 48.2 Å². The van der Waals surface area contributed by atoms with Crippen molar-refractivity contribution in [1.82, 2.24) is 14.8 Å². The van der Waals surface area contributed by atoms with Crippen LogP contribution in [0.1, 0.15) is 41.3 Å². The summed E-state index contributed by atoms with van der Waals surface area (Å²) in [6.07, 6.45) is 3.57. The molecule has 1 N–H and O–H groups in total. The summed E-state index contributed by atoms with van der Waals surface area (Å²) in [5, 5.41) is 15.1. The maximum atomic E-state index is 11.8. The monoisotopic (exact) mass is 371 g/mol. The van der Waals surface area contributed by atoms with Crippen molar-refractivity contribution >= 4 is 16.9 Å². The minimum Gasteiger partial charge on any atom is -0.478 e. The van der Waals surface area contributed by atoms with Gasteiger partial charge in [0.2, 0.25) is 0 Å². The lowest BCUT2D eigenvalue weighted by atomic mass is 10.00. The second kappa shape index (κ2) is 6.93. The molecule has 0 aliphatic heterocycles. The molecule has 0 saturated heterocycles. The summed E-state index contributed by atoms with van der Waals surface area (Å²) in [5.74, 6) is -0.656. The highest BCUT2D eigenvalue weighted by Gasteiger charge is 2.17. The molecular formula is C23H21N3O2. The van der Waals surface area contributed by atoms with Gasteiger partial charge in [0.15, 0.2) is 0 Å². The van der Waals surface area contributed by atoms with Crippen molar-refractivity contribution in [2.45, 2.75) is 26.7 Å². The van der Waals surface area contributed by atoms with E-state index in [4.69, 9.17) is 0 Å². The maximum Gasteiger partial charge on any atom is 0.335 e. The minimum atomic E-state index is -0.972. The molecule has 0 saturated carbocycles. The van der Waals surface area contributed by atoms with Gasteiger partial charge in [0, 0.05) is 17.1 Å². The summed E-state index contributed by atoms with van der Waals surface area (Å²) >= 11 is 0. The van der Waals surface area contributed by atoms with Crippen molar-refractivity contribution in [2.24, 2.45) is 0 Å². The van der Waals surface area contributed by atoms with Crippen LogP contribution in [0.3, 0.4) is 0 Å². The van der Waals surface area contributed by atoms with Gasteiger partial charge in [-0.2, -0.15) is 5.10 Å². The molecule has 4 aromatic rings. The van der Waals surface area contributed by atoms with E-state index in [1.165, 1.54) is 0 Å². The van der Waals surface area contributed by atoms with Crippen molar-refractivity contribution in [3.05, 3.63) is 77.6 Å². The average Bonchev–Trinajstić information content (AvgIpc) is 3.11. The largest absolute Gasteiger partial charge is 0.478 e. The van der Waals surface area contributed by atoms with Gasteiger partial charge in [-0.1, -0.05) is 38.1 Å². The SMILES string of the molecule is Cc1ccc(-c2cc(C(=O)O)cc3c2cnn3-c2ccccc2C(C)C)nc1. The van der Waals surface area contributed by atoms with Crippen LogP contribution < -0.4 is 0 Å². The zero-order valence-electron chi connectivity index (χ0n) is 16.0. The Morgan fingerprint density at radius 1 is 1.07 bits per heavy atom. The number of fused-ring (bicyclic) bond motifs is 1. The number of aryl methyl sites for hydroxylation is 1. The first-order chi connectivity index (χ1) is 13.5. The molecule has 0 fully saturated rings. The summed E-state index contributed by atoms with van der Waals surface area (Å²) in [6.45, 7) is 6.24. The third-order valence-electron chi connectivity index (χ3n) is 4.91. The molecule has 5 nitrogen and oxygen atoms in total. The third kappa shape index (κ3) is 3.05. The molecule has 4 rings (SSSR count). The van der Waals surface area contributed by atoms with E-state index in [-0.39, 0.29) is 5.56 Å². The first-order valence-electron chi connectivity index (χ1n) is 9.23. The first-order valence-corrected chi connectivity index (χ1v) is 9.23. The van der Waals surface area contributed by atoms with Crippen molar-refractivity contribution in [1.29, 1.82) is 0 Å². The quantitative estimate of drug-likeness (QED) is 0.534. The lowest BCUT2D eigenvalue weighted by molar-refractivity contribution is 0.0697. The Balaban J connectivity index is 2.02. The summed E-state index contributed by atoms with van der Waals surface area (Å²) < 4.78 is 1.83. The highest BCUT2D eigenvalue weighted by atomic mass is 16.4. The van der Waals surface area contributed by atoms with Crippen LogP contribution in [0, 0.1) is 6.92 Å². The molecule has 0 atom stereocenters. The first kappa shape index (κ1) is 17.9. The lowest BCUT2D eigenvalue weighted by Gasteiger charge is -2.14. The van der Waals surface area contributed by atoms with E-state index in [0.29, 0.717) is 5.92 Å². The van der Waals surface area contributed by atoms with Crippen LogP contribution in [-0.2, 0) is 0 Å². The van der Waals surface area contributed by atoms with E-state index in [1.807, 2.05) is 41.9 Å². The summed E-state index contributed by atoms with van der Waals surface area (Å²) in [6, 6.07) is 15.3. The van der Waals surface area contributed by atoms with E-state index < -0.39 is 5.97 Å². The number of hydrogen-bond donors (Lipinski definition) is 1. The predicted molar refractivity (Wildman–Crippen MR) is 110 cm³/mol. The number of para-hydroxylation sites is 1. The molecule has 2 aromatic carbocycles. The zero-order valence-corrected chi connectivity index (χ0v) is 16.0. The highest BCUT2D eigenvalue weighted by molar-refractivity contribution is 6.01. The fourth-order valence-corrected chi connectivity index (χ4v) is 3.45. The number of carboxylic acids is 1. The number of benzene rings is 2. The fourth-order valence-electron chi connectivity index (χ4n) is 3.45. The van der Waals surface area contributed by atoms with Crippen molar-refractivity contribution in [3.8, 4) is 16.9 Å². The molecule has 5 heteroatoms. The van der Waals surface area contributed by atoms with Gasteiger partial charge in [0.1, 0.15) is 0 Å². The van der Waals surface area contributed by atoms with Crippen LogP contribution in [0.15, 0.2) is 60.9 Å². The van der Waals surface area contributed by atoms with Gasteiger partial charge >= 0.3 is 5.97 Å². The van der Waals surface area contributed by atoms with Crippen LogP contribution in [0.2, 0.25) is 0 Å². The van der Waals surface area contributed by atoms with Gasteiger partial charge < -0.3 is 5.11 Å². The number of nitrogens with zero attached hydrogens (tertiary/aromatic N) is 3. The number of aromatic nitrogens is 3. The van der Waals surface area contributed by atoms with Gasteiger partial charge in [-0.15, -0.1) is 0 Å². The maximum absolute atomic E-state index is 11.8. The predicted octanol–water partition coefficient (Wildman–Crippen LogP) is 5.22. The topological polar surface area (TPSA) is 68.0 Å². The van der Waals surface area contributed by atoms with E-state index in [1.54, 1.807) is 24.5 Å². The second-order valence-electron chi connectivity index (χ2n) is 7.25. The van der Waals surface area contributed by atoms with Gasteiger partial charge in [0.25, 0.3) is 0 Å².